The zero-order valence-corrected chi connectivity index (χ0v) is 14.8. The lowest BCUT2D eigenvalue weighted by molar-refractivity contribution is -0.120. The molecule has 0 radical (unpaired) electrons. The summed E-state index contributed by atoms with van der Waals surface area (Å²) in [6.45, 7) is 3.73. The molecule has 0 unspecified atom stereocenters. The van der Waals surface area contributed by atoms with Crippen molar-refractivity contribution in [2.75, 3.05) is 4.90 Å². The molecule has 1 aromatic heterocycles. The Bertz CT molecular complexity index is 987. The highest BCUT2D eigenvalue weighted by Gasteiger charge is 2.41. The first-order chi connectivity index (χ1) is 11.9. The van der Waals surface area contributed by atoms with Crippen LogP contribution < -0.4 is 9.77 Å². The van der Waals surface area contributed by atoms with Crippen molar-refractivity contribution in [3.05, 3.63) is 38.8 Å². The van der Waals surface area contributed by atoms with E-state index in [2.05, 4.69) is 0 Å². The average Bonchev–Trinajstić information content (AvgIpc) is 3.01. The molecule has 5 nitrogen and oxygen atoms in total. The van der Waals surface area contributed by atoms with Crippen molar-refractivity contribution in [1.29, 1.82) is 0 Å². The van der Waals surface area contributed by atoms with Crippen molar-refractivity contribution < 1.29 is 14.0 Å². The summed E-state index contributed by atoms with van der Waals surface area (Å²) in [5, 5.41) is 0. The quantitative estimate of drug-likeness (QED) is 0.770. The third kappa shape index (κ3) is 2.29. The summed E-state index contributed by atoms with van der Waals surface area (Å²) in [6, 6.07) is 2.60. The first-order valence-electron chi connectivity index (χ1n) is 8.35. The van der Waals surface area contributed by atoms with Gasteiger partial charge in [-0.15, -0.1) is 0 Å². The predicted octanol–water partition coefficient (Wildman–Crippen LogP) is 3.53. The van der Waals surface area contributed by atoms with E-state index < -0.39 is 17.6 Å². The lowest BCUT2D eigenvalue weighted by Gasteiger charge is -2.17. The molecule has 2 amide bonds. The zero-order chi connectivity index (χ0) is 17.9. The zero-order valence-electron chi connectivity index (χ0n) is 14.0. The van der Waals surface area contributed by atoms with Crippen LogP contribution in [-0.2, 0) is 9.59 Å². The summed E-state index contributed by atoms with van der Waals surface area (Å²) in [6.07, 6.45) is 2.86. The fraction of sp³-hybridized carbons (Fsp3) is 0.389. The number of imide groups is 1. The Morgan fingerprint density at radius 3 is 2.20 bits per heavy atom. The van der Waals surface area contributed by atoms with Crippen LogP contribution in [0.15, 0.2) is 28.1 Å². The van der Waals surface area contributed by atoms with E-state index >= 15 is 0 Å². The second kappa shape index (κ2) is 5.62. The summed E-state index contributed by atoms with van der Waals surface area (Å²) in [5.41, 5.74) is 1.51. The number of anilines is 1. The largest absolute Gasteiger partial charge is 0.308 e. The number of hydrogen-bond donors (Lipinski definition) is 0. The van der Waals surface area contributed by atoms with Crippen LogP contribution >= 0.6 is 11.3 Å². The van der Waals surface area contributed by atoms with Crippen LogP contribution in [0.4, 0.5) is 10.1 Å². The molecule has 7 heteroatoms. The topological polar surface area (TPSA) is 59.4 Å². The number of aromatic nitrogens is 1. The van der Waals surface area contributed by atoms with Gasteiger partial charge in [0.25, 0.3) is 11.8 Å². The fourth-order valence-corrected chi connectivity index (χ4v) is 4.68. The van der Waals surface area contributed by atoms with Crippen molar-refractivity contribution in [3.63, 3.8) is 0 Å². The molecule has 4 rings (SSSR count). The standard InChI is InChI=1S/C18H17FN2O3S/c1-9(2)20-14-8-13(12(19)7-15(14)25-18(20)24)21-16(22)10-5-3-4-6-11(10)17(21)23/h7-9H,3-6H2,1-2H3. The maximum Gasteiger partial charge on any atom is 0.308 e. The van der Waals surface area contributed by atoms with E-state index in [-0.39, 0.29) is 16.6 Å². The third-order valence-electron chi connectivity index (χ3n) is 4.83. The Labute approximate surface area is 147 Å². The minimum atomic E-state index is -0.661. The van der Waals surface area contributed by atoms with Gasteiger partial charge >= 0.3 is 4.87 Å². The van der Waals surface area contributed by atoms with Gasteiger partial charge in [0.15, 0.2) is 0 Å². The number of carbonyl (C=O) groups excluding carboxylic acids is 2. The van der Waals surface area contributed by atoms with Crippen LogP contribution in [0.25, 0.3) is 10.2 Å². The lowest BCUT2D eigenvalue weighted by Crippen LogP contribution is -2.32. The van der Waals surface area contributed by atoms with Gasteiger partial charge in [-0.25, -0.2) is 9.29 Å². The molecule has 0 atom stereocenters. The SMILES string of the molecule is CC(C)n1c(=O)sc2cc(F)c(N3C(=O)C4=C(CCCC4)C3=O)cc21. The minimum absolute atomic E-state index is 0.0656. The molecule has 1 aliphatic heterocycles. The number of nitrogens with zero attached hydrogens (tertiary/aromatic N) is 2. The molecule has 2 aliphatic rings. The van der Waals surface area contributed by atoms with E-state index in [9.17, 15) is 18.8 Å². The molecule has 2 aromatic rings. The van der Waals surface area contributed by atoms with E-state index in [4.69, 9.17) is 0 Å². The Kier molecular flexibility index (Phi) is 3.64. The highest BCUT2D eigenvalue weighted by Crippen LogP contribution is 2.38. The number of amides is 2. The molecule has 0 N–H and O–H groups in total. The van der Waals surface area contributed by atoms with Crippen LogP contribution in [0.2, 0.25) is 0 Å². The van der Waals surface area contributed by atoms with Gasteiger partial charge in [0.05, 0.1) is 15.9 Å². The van der Waals surface area contributed by atoms with Crippen molar-refractivity contribution in [1.82, 2.24) is 4.57 Å². The summed E-state index contributed by atoms with van der Waals surface area (Å²) < 4.78 is 16.7. The van der Waals surface area contributed by atoms with Gasteiger partial charge in [0.1, 0.15) is 5.82 Å². The van der Waals surface area contributed by atoms with Crippen molar-refractivity contribution in [2.24, 2.45) is 0 Å². The number of rotatable bonds is 2. The van der Waals surface area contributed by atoms with E-state index in [0.717, 1.165) is 29.1 Å². The van der Waals surface area contributed by atoms with Gasteiger partial charge in [-0.2, -0.15) is 0 Å². The molecule has 0 saturated carbocycles. The van der Waals surface area contributed by atoms with Gasteiger partial charge in [-0.1, -0.05) is 11.3 Å². The van der Waals surface area contributed by atoms with Gasteiger partial charge in [0.2, 0.25) is 0 Å². The molecule has 130 valence electrons. The Balaban J connectivity index is 1.89. The molecule has 1 aliphatic carbocycles. The van der Waals surface area contributed by atoms with Crippen LogP contribution in [0, 0.1) is 5.82 Å². The highest BCUT2D eigenvalue weighted by molar-refractivity contribution is 7.16. The Morgan fingerprint density at radius 1 is 1.04 bits per heavy atom. The summed E-state index contributed by atoms with van der Waals surface area (Å²) in [7, 11) is 0. The molecule has 25 heavy (non-hydrogen) atoms. The van der Waals surface area contributed by atoms with E-state index in [0.29, 0.717) is 34.2 Å². The van der Waals surface area contributed by atoms with Crippen molar-refractivity contribution >= 4 is 39.1 Å². The number of hydrogen-bond acceptors (Lipinski definition) is 4. The first-order valence-corrected chi connectivity index (χ1v) is 9.17. The third-order valence-corrected chi connectivity index (χ3v) is 5.75. The molecule has 1 aromatic carbocycles. The van der Waals surface area contributed by atoms with Crippen LogP contribution in [0.5, 0.6) is 0 Å². The molecule has 0 bridgehead atoms. The van der Waals surface area contributed by atoms with Crippen LogP contribution in [0.3, 0.4) is 0 Å². The Morgan fingerprint density at radius 2 is 1.64 bits per heavy atom. The predicted molar refractivity (Wildman–Crippen MR) is 94.4 cm³/mol. The number of carbonyl (C=O) groups is 2. The van der Waals surface area contributed by atoms with Crippen LogP contribution in [-0.4, -0.2) is 16.4 Å². The summed E-state index contributed by atoms with van der Waals surface area (Å²) in [5.74, 6) is -1.51. The van der Waals surface area contributed by atoms with E-state index in [1.165, 1.54) is 12.1 Å². The molecule has 2 heterocycles. The normalized spacial score (nSPS) is 18.0. The number of thiazole rings is 1. The monoisotopic (exact) mass is 360 g/mol. The molecular formula is C18H17FN2O3S. The maximum atomic E-state index is 14.7. The van der Waals surface area contributed by atoms with Crippen LogP contribution in [0.1, 0.15) is 45.6 Å². The second-order valence-corrected chi connectivity index (χ2v) is 7.71. The van der Waals surface area contributed by atoms with Gasteiger partial charge in [-0.3, -0.25) is 19.0 Å². The Hall–Kier alpha value is -2.28. The number of halogens is 1. The highest BCUT2D eigenvalue weighted by atomic mass is 32.1. The smallest absolute Gasteiger partial charge is 0.296 e. The number of benzene rings is 1. The minimum Gasteiger partial charge on any atom is -0.296 e. The van der Waals surface area contributed by atoms with Crippen molar-refractivity contribution in [2.45, 2.75) is 45.6 Å². The van der Waals surface area contributed by atoms with Crippen molar-refractivity contribution in [3.8, 4) is 0 Å². The molecule has 0 fully saturated rings. The van der Waals surface area contributed by atoms with E-state index in [1.54, 1.807) is 4.57 Å². The molecule has 0 spiro atoms. The fourth-order valence-electron chi connectivity index (χ4n) is 3.66. The van der Waals surface area contributed by atoms with Gasteiger partial charge < -0.3 is 0 Å². The van der Waals surface area contributed by atoms with Gasteiger partial charge in [0, 0.05) is 17.2 Å². The van der Waals surface area contributed by atoms with Gasteiger partial charge in [-0.05, 0) is 51.7 Å². The maximum absolute atomic E-state index is 14.7. The second-order valence-electron chi connectivity index (χ2n) is 6.71. The summed E-state index contributed by atoms with van der Waals surface area (Å²) >= 11 is 0.963. The average molecular weight is 360 g/mol. The molecule has 0 saturated heterocycles. The summed E-state index contributed by atoms with van der Waals surface area (Å²) in [4.78, 5) is 38.3. The molecular weight excluding hydrogens is 343 g/mol. The lowest BCUT2D eigenvalue weighted by atomic mass is 9.93. The van der Waals surface area contributed by atoms with E-state index in [1.807, 2.05) is 13.8 Å². The first kappa shape index (κ1) is 16.2. The number of fused-ring (bicyclic) bond motifs is 1.